The Morgan fingerprint density at radius 1 is 1.22 bits per heavy atom. The Bertz CT molecular complexity index is 537. The molecule has 0 radical (unpaired) electrons. The van der Waals surface area contributed by atoms with E-state index in [-0.39, 0.29) is 0 Å². The standard InChI is InChI=1S/C14H18N4/c1-4-11-6-5-7-16-13(11)14-17-9-12(8-15-3)10(2)18-14/h5-7,9,15H,4,8H2,1-3H3. The van der Waals surface area contributed by atoms with Crippen molar-refractivity contribution < 1.29 is 0 Å². The molecule has 0 saturated heterocycles. The molecule has 0 saturated carbocycles. The third kappa shape index (κ3) is 2.54. The van der Waals surface area contributed by atoms with Crippen LogP contribution in [0.3, 0.4) is 0 Å². The lowest BCUT2D eigenvalue weighted by Crippen LogP contribution is -2.09. The lowest BCUT2D eigenvalue weighted by atomic mass is 10.1. The number of hydrogen-bond donors (Lipinski definition) is 1. The summed E-state index contributed by atoms with van der Waals surface area (Å²) in [4.78, 5) is 13.4. The Hall–Kier alpha value is -1.81. The zero-order chi connectivity index (χ0) is 13.0. The lowest BCUT2D eigenvalue weighted by molar-refractivity contribution is 0.797. The molecule has 2 aromatic heterocycles. The molecule has 0 unspecified atom stereocenters. The van der Waals surface area contributed by atoms with Crippen LogP contribution in [0.15, 0.2) is 24.5 Å². The zero-order valence-electron chi connectivity index (χ0n) is 11.1. The third-order valence-electron chi connectivity index (χ3n) is 2.93. The van der Waals surface area contributed by atoms with E-state index in [1.807, 2.05) is 26.2 Å². The van der Waals surface area contributed by atoms with Gasteiger partial charge in [-0.25, -0.2) is 9.97 Å². The normalized spacial score (nSPS) is 10.6. The smallest absolute Gasteiger partial charge is 0.178 e. The second-order valence-electron chi connectivity index (χ2n) is 4.20. The second-order valence-corrected chi connectivity index (χ2v) is 4.20. The van der Waals surface area contributed by atoms with Crippen molar-refractivity contribution in [1.29, 1.82) is 0 Å². The van der Waals surface area contributed by atoms with Crippen molar-refractivity contribution in [2.75, 3.05) is 7.05 Å². The van der Waals surface area contributed by atoms with E-state index in [4.69, 9.17) is 0 Å². The molecular formula is C14H18N4. The first-order chi connectivity index (χ1) is 8.76. The number of rotatable bonds is 4. The van der Waals surface area contributed by atoms with Crippen LogP contribution in [0.4, 0.5) is 0 Å². The molecule has 18 heavy (non-hydrogen) atoms. The van der Waals surface area contributed by atoms with Crippen molar-refractivity contribution in [2.24, 2.45) is 0 Å². The summed E-state index contributed by atoms with van der Waals surface area (Å²) in [6, 6.07) is 4.02. The molecule has 2 heterocycles. The van der Waals surface area contributed by atoms with Gasteiger partial charge >= 0.3 is 0 Å². The monoisotopic (exact) mass is 242 g/mol. The van der Waals surface area contributed by atoms with Crippen molar-refractivity contribution in [2.45, 2.75) is 26.8 Å². The van der Waals surface area contributed by atoms with Gasteiger partial charge in [0.25, 0.3) is 0 Å². The highest BCUT2D eigenvalue weighted by atomic mass is 14.9. The average Bonchev–Trinajstić information content (AvgIpc) is 2.41. The molecule has 1 N–H and O–H groups in total. The van der Waals surface area contributed by atoms with Crippen molar-refractivity contribution in [3.63, 3.8) is 0 Å². The maximum absolute atomic E-state index is 4.56. The Kier molecular flexibility index (Phi) is 3.99. The maximum Gasteiger partial charge on any atom is 0.178 e. The summed E-state index contributed by atoms with van der Waals surface area (Å²) in [6.45, 7) is 4.91. The van der Waals surface area contributed by atoms with Gasteiger partial charge in [-0.2, -0.15) is 0 Å². The van der Waals surface area contributed by atoms with E-state index in [0.717, 1.165) is 29.9 Å². The predicted octanol–water partition coefficient (Wildman–Crippen LogP) is 2.13. The van der Waals surface area contributed by atoms with Gasteiger partial charge < -0.3 is 5.32 Å². The number of nitrogens with zero attached hydrogens (tertiary/aromatic N) is 3. The summed E-state index contributed by atoms with van der Waals surface area (Å²) < 4.78 is 0. The average molecular weight is 242 g/mol. The van der Waals surface area contributed by atoms with Crippen molar-refractivity contribution in [3.8, 4) is 11.5 Å². The zero-order valence-corrected chi connectivity index (χ0v) is 11.1. The fraction of sp³-hybridized carbons (Fsp3) is 0.357. The van der Waals surface area contributed by atoms with Crippen LogP contribution in [0.2, 0.25) is 0 Å². The Labute approximate surface area is 108 Å². The predicted molar refractivity (Wildman–Crippen MR) is 72.1 cm³/mol. The minimum Gasteiger partial charge on any atom is -0.316 e. The molecule has 0 aliphatic heterocycles. The van der Waals surface area contributed by atoms with E-state index in [1.165, 1.54) is 5.56 Å². The van der Waals surface area contributed by atoms with Crippen molar-refractivity contribution in [1.82, 2.24) is 20.3 Å². The van der Waals surface area contributed by atoms with Gasteiger partial charge in [0.05, 0.1) is 0 Å². The first-order valence-electron chi connectivity index (χ1n) is 6.17. The van der Waals surface area contributed by atoms with Gasteiger partial charge in [-0.05, 0) is 32.0 Å². The minimum absolute atomic E-state index is 0.713. The van der Waals surface area contributed by atoms with Gasteiger partial charge in [-0.15, -0.1) is 0 Å². The topological polar surface area (TPSA) is 50.7 Å². The highest BCUT2D eigenvalue weighted by Crippen LogP contribution is 2.18. The molecule has 2 aromatic rings. The number of aromatic nitrogens is 3. The van der Waals surface area contributed by atoms with Gasteiger partial charge in [-0.3, -0.25) is 4.98 Å². The van der Waals surface area contributed by atoms with Crippen molar-refractivity contribution >= 4 is 0 Å². The molecule has 2 rings (SSSR count). The van der Waals surface area contributed by atoms with Crippen LogP contribution in [0, 0.1) is 6.92 Å². The van der Waals surface area contributed by atoms with E-state index in [9.17, 15) is 0 Å². The summed E-state index contributed by atoms with van der Waals surface area (Å²) in [5.41, 5.74) is 4.19. The molecule has 0 aliphatic rings. The van der Waals surface area contributed by atoms with E-state index in [2.05, 4.69) is 33.3 Å². The quantitative estimate of drug-likeness (QED) is 0.892. The Morgan fingerprint density at radius 2 is 2.06 bits per heavy atom. The Morgan fingerprint density at radius 3 is 2.72 bits per heavy atom. The van der Waals surface area contributed by atoms with E-state index >= 15 is 0 Å². The SMILES string of the molecule is CCc1cccnc1-c1ncc(CNC)c(C)n1. The van der Waals surface area contributed by atoms with Crippen LogP contribution < -0.4 is 5.32 Å². The Balaban J connectivity index is 2.42. The molecule has 0 aliphatic carbocycles. The molecule has 0 spiro atoms. The third-order valence-corrected chi connectivity index (χ3v) is 2.93. The number of aryl methyl sites for hydroxylation is 2. The number of pyridine rings is 1. The minimum atomic E-state index is 0.713. The summed E-state index contributed by atoms with van der Waals surface area (Å²) in [7, 11) is 1.92. The molecule has 94 valence electrons. The van der Waals surface area contributed by atoms with Crippen LogP contribution in [0.1, 0.15) is 23.7 Å². The van der Waals surface area contributed by atoms with Crippen LogP contribution in [-0.2, 0) is 13.0 Å². The summed E-state index contributed by atoms with van der Waals surface area (Å²) in [5.74, 6) is 0.713. The van der Waals surface area contributed by atoms with Gasteiger partial charge in [0.15, 0.2) is 5.82 Å². The lowest BCUT2D eigenvalue weighted by Gasteiger charge is -2.08. The molecular weight excluding hydrogens is 224 g/mol. The largest absolute Gasteiger partial charge is 0.316 e. The van der Waals surface area contributed by atoms with E-state index in [1.54, 1.807) is 6.20 Å². The number of nitrogens with one attached hydrogen (secondary N) is 1. The summed E-state index contributed by atoms with van der Waals surface area (Å²) >= 11 is 0. The van der Waals surface area contributed by atoms with Crippen molar-refractivity contribution in [3.05, 3.63) is 41.3 Å². The molecule has 4 nitrogen and oxygen atoms in total. The summed E-state index contributed by atoms with van der Waals surface area (Å²) in [6.07, 6.45) is 4.60. The highest BCUT2D eigenvalue weighted by Gasteiger charge is 2.09. The van der Waals surface area contributed by atoms with E-state index < -0.39 is 0 Å². The van der Waals surface area contributed by atoms with Gasteiger partial charge in [0.2, 0.25) is 0 Å². The molecule has 0 amide bonds. The van der Waals surface area contributed by atoms with Crippen LogP contribution in [0.5, 0.6) is 0 Å². The number of hydrogen-bond acceptors (Lipinski definition) is 4. The van der Waals surface area contributed by atoms with E-state index in [0.29, 0.717) is 5.82 Å². The van der Waals surface area contributed by atoms with Crippen LogP contribution in [0.25, 0.3) is 11.5 Å². The molecule has 0 bridgehead atoms. The summed E-state index contributed by atoms with van der Waals surface area (Å²) in [5, 5.41) is 3.11. The van der Waals surface area contributed by atoms with Gasteiger partial charge in [-0.1, -0.05) is 13.0 Å². The molecule has 4 heteroatoms. The molecule has 0 fully saturated rings. The maximum atomic E-state index is 4.56. The van der Waals surface area contributed by atoms with Gasteiger partial charge in [0, 0.05) is 30.2 Å². The highest BCUT2D eigenvalue weighted by molar-refractivity contribution is 5.54. The molecule has 0 atom stereocenters. The van der Waals surface area contributed by atoms with Crippen LogP contribution >= 0.6 is 0 Å². The van der Waals surface area contributed by atoms with Crippen LogP contribution in [-0.4, -0.2) is 22.0 Å². The molecule has 0 aromatic carbocycles. The fourth-order valence-electron chi connectivity index (χ4n) is 1.90. The first kappa shape index (κ1) is 12.6. The van der Waals surface area contributed by atoms with Gasteiger partial charge in [0.1, 0.15) is 5.69 Å². The fourth-order valence-corrected chi connectivity index (χ4v) is 1.90. The first-order valence-corrected chi connectivity index (χ1v) is 6.17. The second kappa shape index (κ2) is 5.69.